The largest absolute Gasteiger partial charge is 0.465 e. The first-order chi connectivity index (χ1) is 8.75. The summed E-state index contributed by atoms with van der Waals surface area (Å²) >= 11 is 0. The van der Waals surface area contributed by atoms with E-state index in [1.165, 1.54) is 0 Å². The third kappa shape index (κ3) is 3.32. The van der Waals surface area contributed by atoms with Gasteiger partial charge in [0.15, 0.2) is 5.72 Å². The highest BCUT2D eigenvalue weighted by atomic mass is 16.5. The SMILES string of the molecule is CCOC(=O)C(C)(C)c1ccc([C@](N)(O)CO)cc1. The molecule has 0 heterocycles. The van der Waals surface area contributed by atoms with E-state index in [1.807, 2.05) is 0 Å². The summed E-state index contributed by atoms with van der Waals surface area (Å²) in [6, 6.07) is 6.57. The average Bonchev–Trinajstić information content (AvgIpc) is 2.39. The molecule has 0 saturated heterocycles. The molecule has 1 aromatic carbocycles. The van der Waals surface area contributed by atoms with Crippen LogP contribution in [0.4, 0.5) is 0 Å². The van der Waals surface area contributed by atoms with Crippen LogP contribution in [0, 0.1) is 0 Å². The monoisotopic (exact) mass is 267 g/mol. The van der Waals surface area contributed by atoms with E-state index >= 15 is 0 Å². The Morgan fingerprint density at radius 1 is 1.26 bits per heavy atom. The van der Waals surface area contributed by atoms with Gasteiger partial charge in [0.25, 0.3) is 0 Å². The van der Waals surface area contributed by atoms with Gasteiger partial charge in [0.05, 0.1) is 18.6 Å². The normalized spacial score (nSPS) is 14.8. The smallest absolute Gasteiger partial charge is 0.315 e. The zero-order valence-corrected chi connectivity index (χ0v) is 11.5. The van der Waals surface area contributed by atoms with Crippen molar-refractivity contribution >= 4 is 5.97 Å². The second kappa shape index (κ2) is 5.69. The van der Waals surface area contributed by atoms with Crippen LogP contribution in [0.5, 0.6) is 0 Å². The maximum absolute atomic E-state index is 11.9. The Morgan fingerprint density at radius 3 is 2.16 bits per heavy atom. The number of esters is 1. The molecule has 4 N–H and O–H groups in total. The average molecular weight is 267 g/mol. The molecule has 1 atom stereocenters. The van der Waals surface area contributed by atoms with Gasteiger partial charge in [0, 0.05) is 5.56 Å². The van der Waals surface area contributed by atoms with E-state index in [4.69, 9.17) is 15.6 Å². The molecule has 1 aromatic rings. The summed E-state index contributed by atoms with van der Waals surface area (Å²) in [6.07, 6.45) is 0. The number of hydrogen-bond acceptors (Lipinski definition) is 5. The van der Waals surface area contributed by atoms with E-state index in [1.54, 1.807) is 45.0 Å². The Labute approximate surface area is 113 Å². The highest BCUT2D eigenvalue weighted by Gasteiger charge is 2.32. The van der Waals surface area contributed by atoms with Crippen molar-refractivity contribution in [2.24, 2.45) is 5.73 Å². The van der Waals surface area contributed by atoms with Gasteiger partial charge in [-0.05, 0) is 26.3 Å². The Bertz CT molecular complexity index is 437. The second-order valence-electron chi connectivity index (χ2n) is 5.01. The molecule has 0 radical (unpaired) electrons. The maximum Gasteiger partial charge on any atom is 0.315 e. The molecule has 0 aliphatic rings. The molecule has 0 bridgehead atoms. The number of carbonyl (C=O) groups excluding carboxylic acids is 1. The second-order valence-corrected chi connectivity index (χ2v) is 5.01. The number of carbonyl (C=O) groups is 1. The Hall–Kier alpha value is -1.43. The van der Waals surface area contributed by atoms with Crippen LogP contribution in [-0.4, -0.2) is 29.4 Å². The van der Waals surface area contributed by atoms with Gasteiger partial charge in [-0.15, -0.1) is 0 Å². The van der Waals surface area contributed by atoms with Gasteiger partial charge in [-0.1, -0.05) is 24.3 Å². The quantitative estimate of drug-likeness (QED) is 0.537. The van der Waals surface area contributed by atoms with Crippen molar-refractivity contribution in [3.63, 3.8) is 0 Å². The molecule has 5 heteroatoms. The molecule has 5 nitrogen and oxygen atoms in total. The lowest BCUT2D eigenvalue weighted by atomic mass is 9.84. The minimum absolute atomic E-state index is 0.312. The third-order valence-corrected chi connectivity index (χ3v) is 3.13. The first-order valence-electron chi connectivity index (χ1n) is 6.16. The fourth-order valence-electron chi connectivity index (χ4n) is 1.70. The summed E-state index contributed by atoms with van der Waals surface area (Å²) in [6.45, 7) is 5.04. The van der Waals surface area contributed by atoms with Crippen molar-refractivity contribution in [2.45, 2.75) is 31.9 Å². The van der Waals surface area contributed by atoms with Gasteiger partial charge < -0.3 is 14.9 Å². The van der Waals surface area contributed by atoms with E-state index in [-0.39, 0.29) is 5.97 Å². The van der Waals surface area contributed by atoms with E-state index in [2.05, 4.69) is 0 Å². The summed E-state index contributed by atoms with van der Waals surface area (Å²) in [5.41, 5.74) is 4.11. The van der Waals surface area contributed by atoms with Crippen LogP contribution in [0.25, 0.3) is 0 Å². The summed E-state index contributed by atoms with van der Waals surface area (Å²) < 4.78 is 5.03. The lowest BCUT2D eigenvalue weighted by Gasteiger charge is -2.25. The molecule has 0 fully saturated rings. The highest BCUT2D eigenvalue weighted by molar-refractivity contribution is 5.82. The van der Waals surface area contributed by atoms with Crippen LogP contribution in [0.1, 0.15) is 31.9 Å². The summed E-state index contributed by atoms with van der Waals surface area (Å²) in [5.74, 6) is -0.312. The number of hydrogen-bond donors (Lipinski definition) is 3. The predicted octanol–water partition coefficient (Wildman–Crippen LogP) is 0.623. The molecular formula is C14H21NO4. The van der Waals surface area contributed by atoms with Gasteiger partial charge in [-0.3, -0.25) is 10.5 Å². The van der Waals surface area contributed by atoms with E-state index in [0.717, 1.165) is 5.56 Å². The standard InChI is InChI=1S/C14H21NO4/c1-4-19-12(17)13(2,3)10-5-7-11(8-6-10)14(15,18)9-16/h5-8,16,18H,4,9,15H2,1-3H3/t14-/m1/s1. The van der Waals surface area contributed by atoms with Crippen molar-refractivity contribution in [2.75, 3.05) is 13.2 Å². The first-order valence-corrected chi connectivity index (χ1v) is 6.16. The molecule has 106 valence electrons. The first kappa shape index (κ1) is 15.6. The van der Waals surface area contributed by atoms with Crippen molar-refractivity contribution in [1.82, 2.24) is 0 Å². The van der Waals surface area contributed by atoms with Crippen molar-refractivity contribution in [3.8, 4) is 0 Å². The molecule has 1 rings (SSSR count). The number of ether oxygens (including phenoxy) is 1. The number of benzene rings is 1. The molecule has 0 unspecified atom stereocenters. The third-order valence-electron chi connectivity index (χ3n) is 3.13. The summed E-state index contributed by atoms with van der Waals surface area (Å²) in [5, 5.41) is 18.7. The predicted molar refractivity (Wildman–Crippen MR) is 71.3 cm³/mol. The topological polar surface area (TPSA) is 92.8 Å². The Balaban J connectivity index is 3.02. The number of aliphatic hydroxyl groups excluding tert-OH is 1. The molecule has 0 saturated carbocycles. The van der Waals surface area contributed by atoms with Crippen molar-refractivity contribution in [3.05, 3.63) is 35.4 Å². The van der Waals surface area contributed by atoms with E-state index in [0.29, 0.717) is 12.2 Å². The minimum atomic E-state index is -1.77. The molecule has 0 amide bonds. The van der Waals surface area contributed by atoms with Gasteiger partial charge in [-0.2, -0.15) is 0 Å². The highest BCUT2D eigenvalue weighted by Crippen LogP contribution is 2.26. The van der Waals surface area contributed by atoms with Gasteiger partial charge in [0.2, 0.25) is 0 Å². The van der Waals surface area contributed by atoms with Crippen molar-refractivity contribution in [1.29, 1.82) is 0 Å². The minimum Gasteiger partial charge on any atom is -0.465 e. The molecule has 0 spiro atoms. The number of nitrogens with two attached hydrogens (primary N) is 1. The van der Waals surface area contributed by atoms with Crippen LogP contribution in [0.3, 0.4) is 0 Å². The zero-order valence-electron chi connectivity index (χ0n) is 11.5. The molecule has 0 aliphatic heterocycles. The van der Waals surface area contributed by atoms with Crippen LogP contribution in [0.2, 0.25) is 0 Å². The summed E-state index contributed by atoms with van der Waals surface area (Å²) in [7, 11) is 0. The fraction of sp³-hybridized carbons (Fsp3) is 0.500. The molecule has 19 heavy (non-hydrogen) atoms. The molecular weight excluding hydrogens is 246 g/mol. The Kier molecular flexibility index (Phi) is 4.68. The zero-order chi connectivity index (χ0) is 14.7. The lowest BCUT2D eigenvalue weighted by molar-refractivity contribution is -0.148. The van der Waals surface area contributed by atoms with E-state index < -0.39 is 17.7 Å². The van der Waals surface area contributed by atoms with Gasteiger partial charge >= 0.3 is 5.97 Å². The maximum atomic E-state index is 11.9. The number of rotatable bonds is 5. The fourth-order valence-corrected chi connectivity index (χ4v) is 1.70. The number of aliphatic hydroxyl groups is 2. The summed E-state index contributed by atoms with van der Waals surface area (Å²) in [4.78, 5) is 11.9. The molecule has 0 aliphatic carbocycles. The van der Waals surface area contributed by atoms with Crippen LogP contribution < -0.4 is 5.73 Å². The van der Waals surface area contributed by atoms with Crippen LogP contribution in [-0.2, 0) is 20.7 Å². The lowest BCUT2D eigenvalue weighted by Crippen LogP contribution is -2.40. The van der Waals surface area contributed by atoms with E-state index in [9.17, 15) is 9.90 Å². The van der Waals surface area contributed by atoms with Gasteiger partial charge in [-0.25, -0.2) is 0 Å². The molecule has 0 aromatic heterocycles. The van der Waals surface area contributed by atoms with Crippen molar-refractivity contribution < 1.29 is 19.7 Å². The Morgan fingerprint density at radius 2 is 1.74 bits per heavy atom. The van der Waals surface area contributed by atoms with Crippen LogP contribution >= 0.6 is 0 Å². The van der Waals surface area contributed by atoms with Gasteiger partial charge in [0.1, 0.15) is 0 Å². The van der Waals surface area contributed by atoms with Crippen LogP contribution in [0.15, 0.2) is 24.3 Å².